The molecule has 1 atom stereocenters. The number of likely N-dealkylation sites (tertiary alicyclic amines) is 1. The summed E-state index contributed by atoms with van der Waals surface area (Å²) in [5.41, 5.74) is 9.09. The molecule has 7 nitrogen and oxygen atoms in total. The van der Waals surface area contributed by atoms with Gasteiger partial charge in [0.25, 0.3) is 0 Å². The highest BCUT2D eigenvalue weighted by Crippen LogP contribution is 2.36. The van der Waals surface area contributed by atoms with Crippen molar-refractivity contribution >= 4 is 17.2 Å². The number of fused-ring (bicyclic) bond motifs is 2. The van der Waals surface area contributed by atoms with Gasteiger partial charge in [-0.15, -0.1) is 0 Å². The molecule has 3 N–H and O–H groups in total. The number of pyridine rings is 1. The molecule has 186 valence electrons. The fourth-order valence-electron chi connectivity index (χ4n) is 5.04. The van der Waals surface area contributed by atoms with Crippen molar-refractivity contribution < 1.29 is 14.3 Å². The lowest BCUT2D eigenvalue weighted by Gasteiger charge is -2.40. The van der Waals surface area contributed by atoms with Gasteiger partial charge in [0, 0.05) is 49.8 Å². The minimum atomic E-state index is -0.712. The minimum absolute atomic E-state index is 0.163. The van der Waals surface area contributed by atoms with Crippen LogP contribution in [0.5, 0.6) is 5.88 Å². The second-order valence-electron chi connectivity index (χ2n) is 9.36. The maximum absolute atomic E-state index is 12.4. The molecule has 0 bridgehead atoms. The Morgan fingerprint density at radius 1 is 1.25 bits per heavy atom. The lowest BCUT2D eigenvalue weighted by atomic mass is 9.86. The van der Waals surface area contributed by atoms with Gasteiger partial charge < -0.3 is 25.4 Å². The monoisotopic (exact) mass is 484 g/mol. The Labute approximate surface area is 212 Å². The highest BCUT2D eigenvalue weighted by molar-refractivity contribution is 5.88. The van der Waals surface area contributed by atoms with Gasteiger partial charge in [0.1, 0.15) is 17.4 Å². The highest BCUT2D eigenvalue weighted by atomic mass is 16.5. The van der Waals surface area contributed by atoms with Crippen LogP contribution in [0.4, 0.5) is 5.69 Å². The summed E-state index contributed by atoms with van der Waals surface area (Å²) in [4.78, 5) is 19.3. The van der Waals surface area contributed by atoms with Crippen LogP contribution >= 0.6 is 0 Å². The first-order valence-corrected chi connectivity index (χ1v) is 12.4. The number of nitrogens with zero attached hydrogens (tertiary/aromatic N) is 2. The summed E-state index contributed by atoms with van der Waals surface area (Å²) in [5, 5.41) is 3.41. The Balaban J connectivity index is 1.28. The topological polar surface area (TPSA) is 89.7 Å². The van der Waals surface area contributed by atoms with E-state index in [0.717, 1.165) is 54.2 Å². The average molecular weight is 485 g/mol. The molecule has 1 fully saturated rings. The molecule has 1 aliphatic carbocycles. The van der Waals surface area contributed by atoms with E-state index in [-0.39, 0.29) is 12.0 Å². The number of hydrogen-bond acceptors (Lipinski definition) is 6. The van der Waals surface area contributed by atoms with Crippen molar-refractivity contribution in [2.75, 3.05) is 32.1 Å². The van der Waals surface area contributed by atoms with Crippen molar-refractivity contribution in [1.82, 2.24) is 9.88 Å². The van der Waals surface area contributed by atoms with Gasteiger partial charge in [0.2, 0.25) is 11.8 Å². The van der Waals surface area contributed by atoms with Gasteiger partial charge in [-0.05, 0) is 61.3 Å². The van der Waals surface area contributed by atoms with E-state index < -0.39 is 5.54 Å². The summed E-state index contributed by atoms with van der Waals surface area (Å²) in [7, 11) is 1.70. The first-order chi connectivity index (χ1) is 17.6. The minimum Gasteiger partial charge on any atom is -0.438 e. The molecule has 1 aromatic heterocycles. The number of nitrogens with two attached hydrogens (primary N) is 1. The van der Waals surface area contributed by atoms with E-state index >= 15 is 0 Å². The van der Waals surface area contributed by atoms with E-state index in [1.54, 1.807) is 13.3 Å². The molecule has 36 heavy (non-hydrogen) atoms. The van der Waals surface area contributed by atoms with E-state index in [1.165, 1.54) is 0 Å². The third kappa shape index (κ3) is 4.98. The van der Waals surface area contributed by atoms with E-state index in [9.17, 15) is 4.79 Å². The number of allylic oxidation sites excluding steroid dienone is 4. The molecule has 3 aliphatic rings. The zero-order valence-corrected chi connectivity index (χ0v) is 20.5. The van der Waals surface area contributed by atoms with Gasteiger partial charge >= 0.3 is 0 Å². The zero-order chi connectivity index (χ0) is 25.0. The number of anilines is 1. The highest BCUT2D eigenvalue weighted by Gasteiger charge is 2.39. The van der Waals surface area contributed by atoms with Crippen LogP contribution in [0.15, 0.2) is 90.4 Å². The Morgan fingerprint density at radius 2 is 2.06 bits per heavy atom. The van der Waals surface area contributed by atoms with Gasteiger partial charge in [-0.1, -0.05) is 36.4 Å². The fraction of sp³-hybridized carbons (Fsp3) is 0.310. The van der Waals surface area contributed by atoms with Crippen molar-refractivity contribution in [3.05, 3.63) is 95.9 Å². The second kappa shape index (κ2) is 10.5. The van der Waals surface area contributed by atoms with Crippen molar-refractivity contribution in [3.8, 4) is 5.88 Å². The van der Waals surface area contributed by atoms with Crippen molar-refractivity contribution in [1.29, 1.82) is 0 Å². The number of nitrogens with one attached hydrogen (secondary N) is 1. The summed E-state index contributed by atoms with van der Waals surface area (Å²) in [6, 6.07) is 13.8. The Morgan fingerprint density at radius 3 is 2.81 bits per heavy atom. The average Bonchev–Trinajstić information content (AvgIpc) is 3.06. The van der Waals surface area contributed by atoms with Crippen molar-refractivity contribution in [2.24, 2.45) is 5.73 Å². The fourth-order valence-corrected chi connectivity index (χ4v) is 5.04. The summed E-state index contributed by atoms with van der Waals surface area (Å²) < 4.78 is 11.8. The standard InChI is InChI=1S/C29H32N4O3/c1-35-25-12-5-13-26-24(25)20-21(23-11-6-16-31-27(23)36-26)8-7-17-33-18-14-29(15-19-33,28(30)34)32-22-9-3-2-4-10-22/h2-6,8-13,16,20,25,32H,7,14-15,17-19H2,1H3,(H2,30,34). The summed E-state index contributed by atoms with van der Waals surface area (Å²) >= 11 is 0. The molecule has 7 heteroatoms. The Kier molecular flexibility index (Phi) is 7.02. The molecular formula is C29H32N4O3. The molecule has 1 saturated heterocycles. The quantitative estimate of drug-likeness (QED) is 0.616. The number of para-hydroxylation sites is 1. The summed E-state index contributed by atoms with van der Waals surface area (Å²) in [6.07, 6.45) is 14.1. The normalized spacial score (nSPS) is 21.9. The molecule has 3 heterocycles. The summed E-state index contributed by atoms with van der Waals surface area (Å²) in [5.74, 6) is 1.07. The lowest BCUT2D eigenvalue weighted by molar-refractivity contribution is -0.123. The number of carbonyl (C=O) groups excluding carboxylic acids is 1. The lowest BCUT2D eigenvalue weighted by Crippen LogP contribution is -2.57. The molecule has 5 rings (SSSR count). The van der Waals surface area contributed by atoms with E-state index in [0.29, 0.717) is 18.7 Å². The number of rotatable bonds is 7. The SMILES string of the molecule is COC1C=CC=C2Oc3ncccc3C(=CCCN3CCC(Nc4ccccc4)(C(N)=O)CC3)C=C21. The first kappa shape index (κ1) is 24.0. The number of benzene rings is 1. The smallest absolute Gasteiger partial charge is 0.243 e. The van der Waals surface area contributed by atoms with Gasteiger partial charge in [0.05, 0.1) is 0 Å². The molecule has 2 aliphatic heterocycles. The van der Waals surface area contributed by atoms with Crippen LogP contribution in [0.1, 0.15) is 24.8 Å². The van der Waals surface area contributed by atoms with Gasteiger partial charge in [0.15, 0.2) is 0 Å². The zero-order valence-electron chi connectivity index (χ0n) is 20.5. The van der Waals surface area contributed by atoms with Crippen LogP contribution in [0.3, 0.4) is 0 Å². The predicted molar refractivity (Wildman–Crippen MR) is 141 cm³/mol. The van der Waals surface area contributed by atoms with Gasteiger partial charge in [-0.2, -0.15) is 0 Å². The van der Waals surface area contributed by atoms with Crippen LogP contribution < -0.4 is 15.8 Å². The number of carbonyl (C=O) groups is 1. The van der Waals surface area contributed by atoms with E-state index in [2.05, 4.69) is 27.4 Å². The number of ether oxygens (including phenoxy) is 2. The molecule has 0 spiro atoms. The first-order valence-electron chi connectivity index (χ1n) is 12.4. The molecular weight excluding hydrogens is 452 g/mol. The van der Waals surface area contributed by atoms with Crippen LogP contribution in [0.2, 0.25) is 0 Å². The number of aromatic nitrogens is 1. The molecule has 1 amide bonds. The van der Waals surface area contributed by atoms with Crippen molar-refractivity contribution in [3.63, 3.8) is 0 Å². The molecule has 0 saturated carbocycles. The Hall–Kier alpha value is -3.68. The maximum atomic E-state index is 12.4. The number of piperidine rings is 1. The van der Waals surface area contributed by atoms with Gasteiger partial charge in [-0.3, -0.25) is 4.79 Å². The number of amides is 1. The predicted octanol–water partition coefficient (Wildman–Crippen LogP) is 4.07. The number of hydrogen-bond donors (Lipinski definition) is 2. The van der Waals surface area contributed by atoms with Crippen LogP contribution in [-0.2, 0) is 9.53 Å². The van der Waals surface area contributed by atoms with Crippen molar-refractivity contribution in [2.45, 2.75) is 30.9 Å². The van der Waals surface area contributed by atoms with Crippen LogP contribution in [-0.4, -0.2) is 54.2 Å². The second-order valence-corrected chi connectivity index (χ2v) is 9.36. The van der Waals surface area contributed by atoms with Crippen LogP contribution in [0.25, 0.3) is 5.57 Å². The molecule has 0 radical (unpaired) electrons. The third-order valence-electron chi connectivity index (χ3n) is 7.13. The molecule has 1 unspecified atom stereocenters. The largest absolute Gasteiger partial charge is 0.438 e. The van der Waals surface area contributed by atoms with Gasteiger partial charge in [-0.25, -0.2) is 4.98 Å². The third-order valence-corrected chi connectivity index (χ3v) is 7.13. The maximum Gasteiger partial charge on any atom is 0.243 e. The summed E-state index contributed by atoms with van der Waals surface area (Å²) in [6.45, 7) is 2.50. The molecule has 2 aromatic rings. The number of primary amides is 1. The Bertz CT molecular complexity index is 1220. The number of methoxy groups -OCH3 is 1. The van der Waals surface area contributed by atoms with E-state index in [4.69, 9.17) is 15.2 Å². The van der Waals surface area contributed by atoms with Crippen LogP contribution in [0, 0.1) is 0 Å². The molecule has 1 aromatic carbocycles. The van der Waals surface area contributed by atoms with E-state index in [1.807, 2.05) is 60.7 Å².